The third-order valence-corrected chi connectivity index (χ3v) is 3.24. The molecule has 0 amide bonds. The smallest absolute Gasteiger partial charge is 0.293 e. The van der Waals surface area contributed by atoms with Crippen molar-refractivity contribution < 1.29 is 9.53 Å². The quantitative estimate of drug-likeness (QED) is 0.651. The van der Waals surface area contributed by atoms with Crippen molar-refractivity contribution in [3.63, 3.8) is 0 Å². The fourth-order valence-corrected chi connectivity index (χ4v) is 1.92. The molecule has 1 aliphatic rings. The van der Waals surface area contributed by atoms with Crippen LogP contribution in [0.5, 0.6) is 0 Å². The molecule has 0 bridgehead atoms. The summed E-state index contributed by atoms with van der Waals surface area (Å²) in [6.07, 6.45) is 11.6. The highest BCUT2D eigenvalue weighted by molar-refractivity contribution is 7.80. The summed E-state index contributed by atoms with van der Waals surface area (Å²) in [5, 5.41) is 6.62. The normalized spacial score (nSPS) is 12.2. The zero-order chi connectivity index (χ0) is 16.9. The summed E-state index contributed by atoms with van der Waals surface area (Å²) in [4.78, 5) is 9.18. The van der Waals surface area contributed by atoms with Gasteiger partial charge in [-0.25, -0.2) is 0 Å². The number of benzene rings is 1. The lowest BCUT2D eigenvalue weighted by Gasteiger charge is -2.08. The molecule has 0 radical (unpaired) electrons. The van der Waals surface area contributed by atoms with Crippen molar-refractivity contribution in [3.8, 4) is 0 Å². The van der Waals surface area contributed by atoms with Crippen LogP contribution in [-0.2, 0) is 9.53 Å². The van der Waals surface area contributed by atoms with Crippen LogP contribution >= 0.6 is 12.2 Å². The highest BCUT2D eigenvalue weighted by atomic mass is 32.1. The zero-order valence-electron chi connectivity index (χ0n) is 13.4. The second-order valence-corrected chi connectivity index (χ2v) is 4.92. The molecule has 1 aromatic rings. The lowest BCUT2D eigenvalue weighted by Crippen LogP contribution is -2.23. The minimum absolute atomic E-state index is 0.431. The van der Waals surface area contributed by atoms with E-state index in [1.807, 2.05) is 12.1 Å². The first-order chi connectivity index (χ1) is 11.2. The van der Waals surface area contributed by atoms with Crippen molar-refractivity contribution in [1.82, 2.24) is 5.32 Å². The molecule has 0 aliphatic heterocycles. The van der Waals surface area contributed by atoms with Crippen molar-refractivity contribution in [1.29, 1.82) is 0 Å². The van der Waals surface area contributed by atoms with Gasteiger partial charge in [0.25, 0.3) is 6.47 Å². The van der Waals surface area contributed by atoms with Crippen LogP contribution in [0.4, 0.5) is 5.69 Å². The van der Waals surface area contributed by atoms with E-state index in [1.165, 1.54) is 11.1 Å². The number of allylic oxidation sites excluding steroid dienone is 6. The van der Waals surface area contributed by atoms with Crippen LogP contribution in [0.25, 0.3) is 5.57 Å². The van der Waals surface area contributed by atoms with Crippen molar-refractivity contribution in [2.45, 2.75) is 13.3 Å². The molecule has 2 N–H and O–H groups in total. The third-order valence-electron chi connectivity index (χ3n) is 2.93. The molecule has 2 rings (SSSR count). The van der Waals surface area contributed by atoms with Crippen LogP contribution in [0.1, 0.15) is 18.9 Å². The van der Waals surface area contributed by atoms with Gasteiger partial charge in [-0.1, -0.05) is 42.5 Å². The number of carbonyl (C=O) groups excluding carboxylic acids is 1. The molecule has 0 atom stereocenters. The van der Waals surface area contributed by atoms with Crippen molar-refractivity contribution in [2.24, 2.45) is 0 Å². The van der Waals surface area contributed by atoms with Gasteiger partial charge in [-0.05, 0) is 48.8 Å². The topological polar surface area (TPSA) is 50.4 Å². The van der Waals surface area contributed by atoms with E-state index in [-0.39, 0.29) is 0 Å². The molecular weight excluding hydrogens is 308 g/mol. The van der Waals surface area contributed by atoms with E-state index in [0.29, 0.717) is 18.2 Å². The molecule has 1 aliphatic carbocycles. The van der Waals surface area contributed by atoms with Gasteiger partial charge in [0.1, 0.15) is 0 Å². The lowest BCUT2D eigenvalue weighted by molar-refractivity contribution is -0.128. The Morgan fingerprint density at radius 1 is 1.30 bits per heavy atom. The highest BCUT2D eigenvalue weighted by Crippen LogP contribution is 2.20. The van der Waals surface area contributed by atoms with Gasteiger partial charge in [0.15, 0.2) is 5.11 Å². The van der Waals surface area contributed by atoms with E-state index in [2.05, 4.69) is 57.9 Å². The number of hydrogen-bond donors (Lipinski definition) is 2. The summed E-state index contributed by atoms with van der Waals surface area (Å²) in [6, 6.07) is 8.27. The second kappa shape index (κ2) is 11.2. The van der Waals surface area contributed by atoms with Gasteiger partial charge in [-0.3, -0.25) is 4.79 Å². The Bertz CT molecular complexity index is 590. The number of carbonyl (C=O) groups is 1. The van der Waals surface area contributed by atoms with Crippen LogP contribution in [0.3, 0.4) is 0 Å². The first-order valence-electron chi connectivity index (χ1n) is 7.39. The largest absolute Gasteiger partial charge is 0.468 e. The Kier molecular flexibility index (Phi) is 9.09. The molecule has 1 aromatic carbocycles. The summed E-state index contributed by atoms with van der Waals surface area (Å²) in [5.41, 5.74) is 3.47. The lowest BCUT2D eigenvalue weighted by atomic mass is 10.0. The van der Waals surface area contributed by atoms with E-state index in [0.717, 1.165) is 12.1 Å². The Hall–Kier alpha value is -2.40. The summed E-state index contributed by atoms with van der Waals surface area (Å²) >= 11 is 5.06. The van der Waals surface area contributed by atoms with E-state index >= 15 is 0 Å². The fraction of sp³-hybridized carbons (Fsp3) is 0.222. The number of nitrogens with one attached hydrogen (secondary N) is 2. The average molecular weight is 330 g/mol. The number of thiocarbonyl (C=S) groups is 1. The number of hydrogen-bond acceptors (Lipinski definition) is 3. The van der Waals surface area contributed by atoms with Gasteiger partial charge in [-0.2, -0.15) is 0 Å². The maximum Gasteiger partial charge on any atom is 0.293 e. The number of ether oxygens (including phenoxy) is 1. The molecule has 0 aromatic heterocycles. The van der Waals surface area contributed by atoms with E-state index in [9.17, 15) is 4.79 Å². The van der Waals surface area contributed by atoms with Crippen molar-refractivity contribution in [2.75, 3.05) is 19.0 Å². The van der Waals surface area contributed by atoms with E-state index < -0.39 is 0 Å². The fourth-order valence-electron chi connectivity index (χ4n) is 1.80. The van der Waals surface area contributed by atoms with Crippen LogP contribution in [0.2, 0.25) is 0 Å². The molecule has 0 saturated carbocycles. The first-order valence-corrected chi connectivity index (χ1v) is 7.79. The molecule has 0 spiro atoms. The summed E-state index contributed by atoms with van der Waals surface area (Å²) in [6.45, 7) is 2.66. The minimum atomic E-state index is 0.431. The maximum atomic E-state index is 9.18. The molecule has 0 fully saturated rings. The molecule has 0 heterocycles. The average Bonchev–Trinajstić information content (AvgIpc) is 2.86. The summed E-state index contributed by atoms with van der Waals surface area (Å²) < 4.78 is 4.15. The van der Waals surface area contributed by atoms with Gasteiger partial charge in [0.05, 0.1) is 6.61 Å². The van der Waals surface area contributed by atoms with Gasteiger partial charge in [-0.15, -0.1) is 0 Å². The number of rotatable bonds is 4. The molecule has 0 unspecified atom stereocenters. The van der Waals surface area contributed by atoms with Gasteiger partial charge < -0.3 is 15.4 Å². The Morgan fingerprint density at radius 2 is 2.04 bits per heavy atom. The molecule has 4 nitrogen and oxygen atoms in total. The van der Waals surface area contributed by atoms with Crippen LogP contribution in [0, 0.1) is 0 Å². The second-order valence-electron chi connectivity index (χ2n) is 4.52. The Balaban J connectivity index is 0.000000463. The minimum Gasteiger partial charge on any atom is -0.468 e. The zero-order valence-corrected chi connectivity index (χ0v) is 14.2. The molecular formula is C18H22N2O2S. The van der Waals surface area contributed by atoms with Crippen LogP contribution < -0.4 is 10.6 Å². The van der Waals surface area contributed by atoms with Gasteiger partial charge in [0, 0.05) is 12.7 Å². The van der Waals surface area contributed by atoms with Crippen molar-refractivity contribution in [3.05, 3.63) is 60.2 Å². The third kappa shape index (κ3) is 7.42. The SMILES string of the molecule is CCOC=O.CNC(=S)Nc1ccc(C2=CCC=CC=C2)cc1. The molecule has 5 heteroatoms. The number of anilines is 1. The highest BCUT2D eigenvalue weighted by Gasteiger charge is 2.00. The van der Waals surface area contributed by atoms with Crippen LogP contribution in [-0.4, -0.2) is 25.2 Å². The Labute approximate surface area is 142 Å². The standard InChI is InChI=1S/C15H16N2S.C3H6O2/c1-16-15(18)17-14-10-8-13(9-11-14)12-6-4-2-3-5-7-12;1-2-5-3-4/h2-4,6-11H,5H2,1H3,(H2,16,17,18);3H,2H2,1H3. The Morgan fingerprint density at radius 3 is 2.61 bits per heavy atom. The van der Waals surface area contributed by atoms with Gasteiger partial charge >= 0.3 is 0 Å². The van der Waals surface area contributed by atoms with Crippen LogP contribution in [0.15, 0.2) is 54.6 Å². The molecule has 122 valence electrons. The predicted octanol–water partition coefficient (Wildman–Crippen LogP) is 3.68. The first kappa shape index (κ1) is 18.6. The molecule has 0 saturated heterocycles. The van der Waals surface area contributed by atoms with E-state index in [4.69, 9.17) is 12.2 Å². The summed E-state index contributed by atoms with van der Waals surface area (Å²) in [7, 11) is 1.80. The van der Waals surface area contributed by atoms with Crippen molar-refractivity contribution >= 4 is 35.1 Å². The maximum absolute atomic E-state index is 9.18. The van der Waals surface area contributed by atoms with Gasteiger partial charge in [0.2, 0.25) is 0 Å². The summed E-state index contributed by atoms with van der Waals surface area (Å²) in [5.74, 6) is 0. The molecule has 23 heavy (non-hydrogen) atoms. The predicted molar refractivity (Wildman–Crippen MR) is 100 cm³/mol. The van der Waals surface area contributed by atoms with E-state index in [1.54, 1.807) is 14.0 Å². The monoisotopic (exact) mass is 330 g/mol.